The molecule has 24 heavy (non-hydrogen) atoms. The highest BCUT2D eigenvalue weighted by Gasteiger charge is 2.14. The number of nitrogens with zero attached hydrogens (tertiary/aromatic N) is 2. The number of benzene rings is 1. The molecule has 0 saturated carbocycles. The Morgan fingerprint density at radius 2 is 1.96 bits per heavy atom. The molecular weight excluding hydrogens is 322 g/mol. The molecule has 0 amide bonds. The van der Waals surface area contributed by atoms with Crippen molar-refractivity contribution in [2.45, 2.75) is 38.1 Å². The predicted octanol–water partition coefficient (Wildman–Crippen LogP) is 3.90. The molecule has 2 heterocycles. The fourth-order valence-corrected chi connectivity index (χ4v) is 3.47. The number of hydrogen-bond donors (Lipinski definition) is 1. The van der Waals surface area contributed by atoms with Crippen LogP contribution in [0.4, 0.5) is 0 Å². The lowest BCUT2D eigenvalue weighted by Crippen LogP contribution is -2.14. The molecule has 0 aliphatic carbocycles. The molecular formula is C18H19N3O2S. The normalized spacial score (nSPS) is 11.0. The number of hydrogen-bond acceptors (Lipinski definition) is 5. The molecule has 6 heteroatoms. The first-order valence-corrected chi connectivity index (χ1v) is 8.81. The van der Waals surface area contributed by atoms with Gasteiger partial charge in [0.2, 0.25) is 0 Å². The molecule has 5 nitrogen and oxygen atoms in total. The fourth-order valence-electron chi connectivity index (χ4n) is 2.50. The van der Waals surface area contributed by atoms with Crippen LogP contribution in [0.2, 0.25) is 0 Å². The van der Waals surface area contributed by atoms with E-state index in [1.165, 1.54) is 11.8 Å². The van der Waals surface area contributed by atoms with Crippen molar-refractivity contribution in [3.8, 4) is 11.3 Å². The third-order valence-electron chi connectivity index (χ3n) is 3.93. The van der Waals surface area contributed by atoms with Crippen LogP contribution in [-0.2, 0) is 12.2 Å². The highest BCUT2D eigenvalue weighted by molar-refractivity contribution is 7.98. The Hall–Kier alpha value is -2.34. The molecule has 0 fully saturated rings. The molecule has 0 spiro atoms. The second kappa shape index (κ2) is 7.05. The first-order valence-electron chi connectivity index (χ1n) is 7.83. The second-order valence-corrected chi connectivity index (χ2v) is 6.48. The molecule has 2 aromatic heterocycles. The molecule has 0 aliphatic rings. The summed E-state index contributed by atoms with van der Waals surface area (Å²) < 4.78 is 5.26. The summed E-state index contributed by atoms with van der Waals surface area (Å²) in [6, 6.07) is 9.75. The maximum Gasteiger partial charge on any atom is 0.255 e. The zero-order valence-corrected chi connectivity index (χ0v) is 14.7. The van der Waals surface area contributed by atoms with Crippen molar-refractivity contribution in [2.24, 2.45) is 0 Å². The Bertz CT molecular complexity index is 900. The summed E-state index contributed by atoms with van der Waals surface area (Å²) in [5.41, 5.74) is 4.22. The predicted molar refractivity (Wildman–Crippen MR) is 95.2 cm³/mol. The third kappa shape index (κ3) is 3.28. The van der Waals surface area contributed by atoms with E-state index in [2.05, 4.69) is 15.1 Å². The molecule has 0 atom stereocenters. The minimum Gasteiger partial charge on any atom is -0.361 e. The average Bonchev–Trinajstić information content (AvgIpc) is 2.96. The van der Waals surface area contributed by atoms with Crippen LogP contribution in [0.3, 0.4) is 0 Å². The van der Waals surface area contributed by atoms with Gasteiger partial charge in [-0.2, -0.15) is 0 Å². The molecule has 0 bridgehead atoms. The lowest BCUT2D eigenvalue weighted by molar-refractivity contribution is 0.390. The Morgan fingerprint density at radius 3 is 2.67 bits per heavy atom. The second-order valence-electron chi connectivity index (χ2n) is 5.52. The number of H-pyrrole nitrogens is 1. The van der Waals surface area contributed by atoms with Crippen LogP contribution in [0, 0.1) is 13.8 Å². The Morgan fingerprint density at radius 1 is 1.21 bits per heavy atom. The van der Waals surface area contributed by atoms with Crippen LogP contribution in [0.1, 0.15) is 29.5 Å². The first-order chi connectivity index (χ1) is 11.6. The maximum atomic E-state index is 12.2. The molecule has 0 saturated heterocycles. The van der Waals surface area contributed by atoms with E-state index in [0.29, 0.717) is 16.5 Å². The van der Waals surface area contributed by atoms with Gasteiger partial charge in [0, 0.05) is 22.4 Å². The number of rotatable bonds is 5. The standard InChI is InChI=1S/C18H19N3O2S/c1-4-15-14(12(3)23-21-15)10-24-18-19-16(11(2)17(22)20-18)13-8-6-5-7-9-13/h5-9H,4,10H2,1-3H3,(H,19,20,22). The van der Waals surface area contributed by atoms with E-state index >= 15 is 0 Å². The molecule has 3 rings (SSSR count). The number of aromatic nitrogens is 3. The molecule has 1 aromatic carbocycles. The van der Waals surface area contributed by atoms with E-state index in [4.69, 9.17) is 4.52 Å². The number of aromatic amines is 1. The summed E-state index contributed by atoms with van der Waals surface area (Å²) >= 11 is 1.49. The van der Waals surface area contributed by atoms with E-state index in [-0.39, 0.29) is 5.56 Å². The van der Waals surface area contributed by atoms with E-state index in [1.807, 2.05) is 44.2 Å². The minimum atomic E-state index is -0.107. The third-order valence-corrected chi connectivity index (χ3v) is 4.83. The zero-order chi connectivity index (χ0) is 17.1. The highest BCUT2D eigenvalue weighted by Crippen LogP contribution is 2.26. The van der Waals surface area contributed by atoms with E-state index in [9.17, 15) is 4.79 Å². The fraction of sp³-hybridized carbons (Fsp3) is 0.278. The van der Waals surface area contributed by atoms with Gasteiger partial charge >= 0.3 is 0 Å². The number of thioether (sulfide) groups is 1. The van der Waals surface area contributed by atoms with Crippen LogP contribution in [0.5, 0.6) is 0 Å². The summed E-state index contributed by atoms with van der Waals surface area (Å²) in [4.78, 5) is 19.7. The smallest absolute Gasteiger partial charge is 0.255 e. The topological polar surface area (TPSA) is 71.8 Å². The monoisotopic (exact) mass is 341 g/mol. The van der Waals surface area contributed by atoms with Gasteiger partial charge in [-0.25, -0.2) is 4.98 Å². The lowest BCUT2D eigenvalue weighted by Gasteiger charge is -2.07. The van der Waals surface area contributed by atoms with Crippen molar-refractivity contribution >= 4 is 11.8 Å². The van der Waals surface area contributed by atoms with E-state index in [1.54, 1.807) is 6.92 Å². The van der Waals surface area contributed by atoms with Gasteiger partial charge in [0.25, 0.3) is 5.56 Å². The van der Waals surface area contributed by atoms with Crippen LogP contribution in [-0.4, -0.2) is 15.1 Å². The zero-order valence-electron chi connectivity index (χ0n) is 13.9. The van der Waals surface area contributed by atoms with Gasteiger partial charge in [-0.1, -0.05) is 54.2 Å². The Kier molecular flexibility index (Phi) is 4.85. The van der Waals surface area contributed by atoms with Gasteiger partial charge in [-0.15, -0.1) is 0 Å². The molecule has 1 N–H and O–H groups in total. The van der Waals surface area contributed by atoms with Gasteiger partial charge in [-0.3, -0.25) is 4.79 Å². The number of nitrogens with one attached hydrogen (secondary N) is 1. The molecule has 124 valence electrons. The van der Waals surface area contributed by atoms with Gasteiger partial charge in [0.15, 0.2) is 5.16 Å². The maximum absolute atomic E-state index is 12.2. The summed E-state index contributed by atoms with van der Waals surface area (Å²) in [5, 5.41) is 4.67. The van der Waals surface area contributed by atoms with Crippen molar-refractivity contribution in [3.63, 3.8) is 0 Å². The molecule has 0 aliphatic heterocycles. The summed E-state index contributed by atoms with van der Waals surface area (Å²) in [6.45, 7) is 5.75. The van der Waals surface area contributed by atoms with Crippen LogP contribution >= 0.6 is 11.8 Å². The van der Waals surface area contributed by atoms with Crippen molar-refractivity contribution in [2.75, 3.05) is 0 Å². The van der Waals surface area contributed by atoms with Gasteiger partial charge in [0.1, 0.15) is 5.76 Å². The average molecular weight is 341 g/mol. The first kappa shape index (κ1) is 16.5. The van der Waals surface area contributed by atoms with Gasteiger partial charge in [-0.05, 0) is 20.3 Å². The Labute approximate surface area is 144 Å². The van der Waals surface area contributed by atoms with Crippen molar-refractivity contribution in [1.82, 2.24) is 15.1 Å². The van der Waals surface area contributed by atoms with E-state index in [0.717, 1.165) is 34.7 Å². The van der Waals surface area contributed by atoms with Crippen molar-refractivity contribution in [3.05, 3.63) is 63.3 Å². The minimum absolute atomic E-state index is 0.107. The number of aryl methyl sites for hydroxylation is 2. The van der Waals surface area contributed by atoms with Crippen molar-refractivity contribution < 1.29 is 4.52 Å². The SMILES string of the molecule is CCc1noc(C)c1CSc1nc(-c2ccccc2)c(C)c(=O)[nH]1. The van der Waals surface area contributed by atoms with Crippen molar-refractivity contribution in [1.29, 1.82) is 0 Å². The largest absolute Gasteiger partial charge is 0.361 e. The van der Waals surface area contributed by atoms with Crippen LogP contribution in [0.25, 0.3) is 11.3 Å². The molecule has 0 radical (unpaired) electrons. The summed E-state index contributed by atoms with van der Waals surface area (Å²) in [7, 11) is 0. The van der Waals surface area contributed by atoms with Gasteiger partial charge < -0.3 is 9.51 Å². The molecule has 3 aromatic rings. The quantitative estimate of drug-likeness (QED) is 0.563. The van der Waals surface area contributed by atoms with Crippen LogP contribution < -0.4 is 5.56 Å². The Balaban J connectivity index is 1.91. The lowest BCUT2D eigenvalue weighted by atomic mass is 10.1. The van der Waals surface area contributed by atoms with Crippen LogP contribution in [0.15, 0.2) is 44.8 Å². The van der Waals surface area contributed by atoms with E-state index < -0.39 is 0 Å². The summed E-state index contributed by atoms with van der Waals surface area (Å²) in [6.07, 6.45) is 0.820. The summed E-state index contributed by atoms with van der Waals surface area (Å²) in [5.74, 6) is 1.48. The molecule has 0 unspecified atom stereocenters. The highest BCUT2D eigenvalue weighted by atomic mass is 32.2. The van der Waals surface area contributed by atoms with Gasteiger partial charge in [0.05, 0.1) is 11.4 Å².